The minimum atomic E-state index is -0.127. The average molecular weight is 354 g/mol. The number of benzene rings is 2. The van der Waals surface area contributed by atoms with Crippen molar-refractivity contribution in [3.8, 4) is 11.5 Å². The van der Waals surface area contributed by atoms with Gasteiger partial charge in [0.15, 0.2) is 11.5 Å². The number of hydrogen-bond acceptors (Lipinski definition) is 4. The molecule has 1 atom stereocenters. The predicted octanol–water partition coefficient (Wildman–Crippen LogP) is 3.03. The van der Waals surface area contributed by atoms with Crippen LogP contribution < -0.4 is 20.1 Å². The van der Waals surface area contributed by atoms with Gasteiger partial charge < -0.3 is 20.1 Å². The smallest absolute Gasteiger partial charge is 0.237 e. The van der Waals surface area contributed by atoms with Gasteiger partial charge in [0.1, 0.15) is 6.61 Å². The van der Waals surface area contributed by atoms with E-state index in [0.717, 1.165) is 36.9 Å². The lowest BCUT2D eigenvalue weighted by atomic mass is 10.1. The Labute approximate surface area is 154 Å². The molecule has 0 bridgehead atoms. The minimum absolute atomic E-state index is 0.0947. The molecule has 1 aliphatic heterocycles. The fraction of sp³-hybridized carbons (Fsp3) is 0.381. The Morgan fingerprint density at radius 1 is 1.08 bits per heavy atom. The maximum absolute atomic E-state index is 12.0. The molecule has 0 saturated carbocycles. The molecule has 26 heavy (non-hydrogen) atoms. The maximum atomic E-state index is 12.0. The molecule has 0 spiro atoms. The van der Waals surface area contributed by atoms with Gasteiger partial charge in [-0.1, -0.05) is 36.4 Å². The molecule has 1 aliphatic rings. The quantitative estimate of drug-likeness (QED) is 0.802. The van der Waals surface area contributed by atoms with Crippen molar-refractivity contribution in [1.82, 2.24) is 10.6 Å². The van der Waals surface area contributed by atoms with Crippen molar-refractivity contribution in [2.45, 2.75) is 38.5 Å². The SMILES string of the molecule is COc1cc(CN[C@H]2CCCCNC2=O)ccc1OCc1ccccc1. The standard InChI is InChI=1S/C21H26N2O3/c1-25-20-13-17(14-23-18-9-5-6-12-22-21(18)24)10-11-19(20)26-15-16-7-3-2-4-8-16/h2-4,7-8,10-11,13,18,23H,5-6,9,12,14-15H2,1H3,(H,22,24)/t18-/m0/s1. The highest BCUT2D eigenvalue weighted by molar-refractivity contribution is 5.81. The molecule has 3 rings (SSSR count). The van der Waals surface area contributed by atoms with E-state index in [-0.39, 0.29) is 11.9 Å². The topological polar surface area (TPSA) is 59.6 Å². The fourth-order valence-electron chi connectivity index (χ4n) is 3.05. The lowest BCUT2D eigenvalue weighted by molar-refractivity contribution is -0.122. The van der Waals surface area contributed by atoms with Crippen LogP contribution in [0.15, 0.2) is 48.5 Å². The Morgan fingerprint density at radius 2 is 1.92 bits per heavy atom. The Morgan fingerprint density at radius 3 is 2.73 bits per heavy atom. The van der Waals surface area contributed by atoms with Crippen molar-refractivity contribution in [2.24, 2.45) is 0 Å². The Hall–Kier alpha value is -2.53. The van der Waals surface area contributed by atoms with Gasteiger partial charge in [-0.3, -0.25) is 4.79 Å². The van der Waals surface area contributed by atoms with E-state index in [4.69, 9.17) is 9.47 Å². The molecule has 2 aromatic rings. The molecule has 0 unspecified atom stereocenters. The number of amides is 1. The molecule has 1 heterocycles. The molecule has 0 aromatic heterocycles. The van der Waals surface area contributed by atoms with E-state index in [0.29, 0.717) is 24.7 Å². The Bertz CT molecular complexity index is 718. The summed E-state index contributed by atoms with van der Waals surface area (Å²) < 4.78 is 11.4. The highest BCUT2D eigenvalue weighted by Crippen LogP contribution is 2.29. The van der Waals surface area contributed by atoms with Crippen LogP contribution in [0.1, 0.15) is 30.4 Å². The number of rotatable bonds is 7. The molecule has 1 amide bonds. The van der Waals surface area contributed by atoms with Crippen LogP contribution in [0.25, 0.3) is 0 Å². The van der Waals surface area contributed by atoms with Crippen LogP contribution in [0.5, 0.6) is 11.5 Å². The normalized spacial score (nSPS) is 17.3. The monoisotopic (exact) mass is 354 g/mol. The first kappa shape index (κ1) is 18.3. The first-order valence-electron chi connectivity index (χ1n) is 9.11. The summed E-state index contributed by atoms with van der Waals surface area (Å²) in [7, 11) is 1.64. The van der Waals surface area contributed by atoms with E-state index in [9.17, 15) is 4.79 Å². The van der Waals surface area contributed by atoms with E-state index in [1.54, 1.807) is 7.11 Å². The second-order valence-electron chi connectivity index (χ2n) is 6.48. The van der Waals surface area contributed by atoms with Gasteiger partial charge in [-0.25, -0.2) is 0 Å². The van der Waals surface area contributed by atoms with Crippen molar-refractivity contribution in [2.75, 3.05) is 13.7 Å². The summed E-state index contributed by atoms with van der Waals surface area (Å²) in [4.78, 5) is 12.0. The number of methoxy groups -OCH3 is 1. The van der Waals surface area contributed by atoms with Crippen molar-refractivity contribution in [3.05, 3.63) is 59.7 Å². The lowest BCUT2D eigenvalue weighted by Gasteiger charge is -2.16. The van der Waals surface area contributed by atoms with Crippen LogP contribution in [-0.4, -0.2) is 25.6 Å². The number of nitrogens with one attached hydrogen (secondary N) is 2. The maximum Gasteiger partial charge on any atom is 0.237 e. The summed E-state index contributed by atoms with van der Waals surface area (Å²) in [5.41, 5.74) is 2.17. The zero-order valence-electron chi connectivity index (χ0n) is 15.2. The predicted molar refractivity (Wildman–Crippen MR) is 101 cm³/mol. The average Bonchev–Trinajstić information content (AvgIpc) is 2.89. The minimum Gasteiger partial charge on any atom is -0.493 e. The molecule has 0 aliphatic carbocycles. The number of carbonyl (C=O) groups is 1. The molecule has 138 valence electrons. The Balaban J connectivity index is 1.59. The number of ether oxygens (including phenoxy) is 2. The van der Waals surface area contributed by atoms with Crippen molar-refractivity contribution in [3.63, 3.8) is 0 Å². The highest BCUT2D eigenvalue weighted by Gasteiger charge is 2.19. The van der Waals surface area contributed by atoms with Gasteiger partial charge >= 0.3 is 0 Å². The summed E-state index contributed by atoms with van der Waals surface area (Å²) >= 11 is 0. The zero-order valence-corrected chi connectivity index (χ0v) is 15.2. The van der Waals surface area contributed by atoms with Crippen LogP contribution in [0.2, 0.25) is 0 Å². The van der Waals surface area contributed by atoms with Crippen molar-refractivity contribution >= 4 is 5.91 Å². The van der Waals surface area contributed by atoms with Crippen LogP contribution in [0.4, 0.5) is 0 Å². The van der Waals surface area contributed by atoms with E-state index >= 15 is 0 Å². The van der Waals surface area contributed by atoms with Crippen LogP contribution in [-0.2, 0) is 17.9 Å². The second kappa shape index (κ2) is 9.25. The molecule has 0 radical (unpaired) electrons. The van der Waals surface area contributed by atoms with Crippen LogP contribution in [0, 0.1) is 0 Å². The number of hydrogen-bond donors (Lipinski definition) is 2. The van der Waals surface area contributed by atoms with Gasteiger partial charge in [-0.05, 0) is 42.5 Å². The molecular weight excluding hydrogens is 328 g/mol. The van der Waals surface area contributed by atoms with Crippen molar-refractivity contribution in [1.29, 1.82) is 0 Å². The van der Waals surface area contributed by atoms with Crippen molar-refractivity contribution < 1.29 is 14.3 Å². The van der Waals surface area contributed by atoms with Gasteiger partial charge in [-0.15, -0.1) is 0 Å². The second-order valence-corrected chi connectivity index (χ2v) is 6.48. The first-order valence-corrected chi connectivity index (χ1v) is 9.11. The van der Waals surface area contributed by atoms with E-state index in [1.165, 1.54) is 0 Å². The third-order valence-corrected chi connectivity index (χ3v) is 4.55. The molecule has 1 fully saturated rings. The van der Waals surface area contributed by atoms with E-state index < -0.39 is 0 Å². The summed E-state index contributed by atoms with van der Waals surface area (Å²) in [5.74, 6) is 1.51. The molecule has 5 nitrogen and oxygen atoms in total. The zero-order chi connectivity index (χ0) is 18.2. The summed E-state index contributed by atoms with van der Waals surface area (Å²) in [6.45, 7) is 1.89. The van der Waals surface area contributed by atoms with Crippen LogP contribution >= 0.6 is 0 Å². The van der Waals surface area contributed by atoms with E-state index in [1.807, 2.05) is 48.5 Å². The van der Waals surface area contributed by atoms with Gasteiger partial charge in [0, 0.05) is 13.1 Å². The van der Waals surface area contributed by atoms with Gasteiger partial charge in [0.25, 0.3) is 0 Å². The summed E-state index contributed by atoms with van der Waals surface area (Å²) in [6.07, 6.45) is 2.98. The molecule has 2 aromatic carbocycles. The molecule has 1 saturated heterocycles. The lowest BCUT2D eigenvalue weighted by Crippen LogP contribution is -2.42. The van der Waals surface area contributed by atoms with Gasteiger partial charge in [0.2, 0.25) is 5.91 Å². The first-order chi connectivity index (χ1) is 12.8. The third-order valence-electron chi connectivity index (χ3n) is 4.55. The highest BCUT2D eigenvalue weighted by atomic mass is 16.5. The molecule has 5 heteroatoms. The number of carbonyl (C=O) groups excluding carboxylic acids is 1. The molecule has 2 N–H and O–H groups in total. The van der Waals surface area contributed by atoms with Crippen LogP contribution in [0.3, 0.4) is 0 Å². The fourth-order valence-corrected chi connectivity index (χ4v) is 3.05. The third kappa shape index (κ3) is 4.99. The van der Waals surface area contributed by atoms with Gasteiger partial charge in [-0.2, -0.15) is 0 Å². The molecular formula is C21H26N2O3. The Kier molecular flexibility index (Phi) is 6.50. The summed E-state index contributed by atoms with van der Waals surface area (Å²) in [6, 6.07) is 15.8. The largest absolute Gasteiger partial charge is 0.493 e. The summed E-state index contributed by atoms with van der Waals surface area (Å²) in [5, 5.41) is 6.30. The van der Waals surface area contributed by atoms with Gasteiger partial charge in [0.05, 0.1) is 13.2 Å². The van der Waals surface area contributed by atoms with E-state index in [2.05, 4.69) is 10.6 Å².